The molecule has 0 saturated carbocycles. The van der Waals surface area contributed by atoms with Crippen molar-refractivity contribution in [1.29, 1.82) is 0 Å². The van der Waals surface area contributed by atoms with Crippen molar-refractivity contribution in [2.75, 3.05) is 31.3 Å². The number of rotatable bonds is 5. The Kier molecular flexibility index (Phi) is 5.77. The first-order valence-corrected chi connectivity index (χ1v) is 12.0. The highest BCUT2D eigenvalue weighted by Gasteiger charge is 2.25. The van der Waals surface area contributed by atoms with Crippen molar-refractivity contribution in [3.05, 3.63) is 54.4 Å². The van der Waals surface area contributed by atoms with E-state index < -0.39 is 10.0 Å². The Morgan fingerprint density at radius 3 is 2.77 bits per heavy atom. The number of anilines is 1. The van der Waals surface area contributed by atoms with Crippen molar-refractivity contribution in [2.45, 2.75) is 22.8 Å². The predicted molar refractivity (Wildman–Crippen MR) is 118 cm³/mol. The lowest BCUT2D eigenvalue weighted by atomic mass is 10.0. The van der Waals surface area contributed by atoms with Crippen molar-refractivity contribution in [1.82, 2.24) is 14.3 Å². The monoisotopic (exact) mass is 442 g/mol. The molecule has 0 unspecified atom stereocenters. The second kappa shape index (κ2) is 8.33. The molecule has 9 heteroatoms. The van der Waals surface area contributed by atoms with E-state index in [9.17, 15) is 13.2 Å². The molecule has 0 spiro atoms. The molecule has 0 saturated heterocycles. The van der Waals surface area contributed by atoms with Gasteiger partial charge < -0.3 is 4.90 Å². The molecule has 1 aliphatic rings. The normalized spacial score (nSPS) is 14.2. The molecule has 1 aromatic heterocycles. The van der Waals surface area contributed by atoms with Gasteiger partial charge in [0.1, 0.15) is 11.4 Å². The summed E-state index contributed by atoms with van der Waals surface area (Å²) in [6, 6.07) is 12.7. The van der Waals surface area contributed by atoms with Gasteiger partial charge in [-0.3, -0.25) is 4.79 Å². The minimum Gasteiger partial charge on any atom is -0.311 e. The molecule has 0 aliphatic carbocycles. The lowest BCUT2D eigenvalue weighted by molar-refractivity contribution is -0.116. The maximum atomic E-state index is 13.0. The van der Waals surface area contributed by atoms with Gasteiger partial charge in [-0.15, -0.1) is 0 Å². The third kappa shape index (κ3) is 3.92. The summed E-state index contributed by atoms with van der Waals surface area (Å²) in [5.74, 6) is 0.227. The zero-order valence-electron chi connectivity index (χ0n) is 16.8. The molecule has 7 nitrogen and oxygen atoms in total. The zero-order chi connectivity index (χ0) is 21.3. The van der Waals surface area contributed by atoms with Crippen molar-refractivity contribution in [3.8, 4) is 0 Å². The molecule has 1 aliphatic heterocycles. The van der Waals surface area contributed by atoms with Crippen LogP contribution in [-0.2, 0) is 21.2 Å². The van der Waals surface area contributed by atoms with Gasteiger partial charge in [-0.25, -0.2) is 22.7 Å². The molecule has 30 heavy (non-hydrogen) atoms. The average molecular weight is 443 g/mol. The number of fused-ring (bicyclic) bond motifs is 2. The van der Waals surface area contributed by atoms with Gasteiger partial charge in [0.2, 0.25) is 15.9 Å². The number of amides is 1. The number of carbonyl (C=O) groups excluding carboxylic acids is 1. The SMILES string of the molecule is CN(C)S(=O)(=O)c1ccc2c(c1)CCCN2C(=O)CSc1ncnc2ccccc12. The molecule has 0 fully saturated rings. The van der Waals surface area contributed by atoms with E-state index in [0.29, 0.717) is 6.54 Å². The molecule has 4 rings (SSSR count). The number of aromatic nitrogens is 2. The third-order valence-electron chi connectivity index (χ3n) is 5.09. The fraction of sp³-hybridized carbons (Fsp3) is 0.286. The van der Waals surface area contributed by atoms with E-state index in [-0.39, 0.29) is 16.6 Å². The summed E-state index contributed by atoms with van der Waals surface area (Å²) in [4.78, 5) is 23.6. The van der Waals surface area contributed by atoms with Crippen LogP contribution in [0.15, 0.2) is 58.7 Å². The van der Waals surface area contributed by atoms with E-state index >= 15 is 0 Å². The molecular weight excluding hydrogens is 420 g/mol. The molecule has 0 radical (unpaired) electrons. The van der Waals surface area contributed by atoms with E-state index in [2.05, 4.69) is 9.97 Å². The van der Waals surface area contributed by atoms with Crippen molar-refractivity contribution < 1.29 is 13.2 Å². The third-order valence-corrected chi connectivity index (χ3v) is 7.89. The number of sulfonamides is 1. The highest BCUT2D eigenvalue weighted by molar-refractivity contribution is 8.00. The summed E-state index contributed by atoms with van der Waals surface area (Å²) in [6.07, 6.45) is 3.06. The molecule has 2 heterocycles. The summed E-state index contributed by atoms with van der Waals surface area (Å²) in [5.41, 5.74) is 2.52. The van der Waals surface area contributed by atoms with Gasteiger partial charge in [0.15, 0.2) is 0 Å². The second-order valence-electron chi connectivity index (χ2n) is 7.21. The van der Waals surface area contributed by atoms with Crippen LogP contribution in [-0.4, -0.2) is 55.0 Å². The Balaban J connectivity index is 1.55. The Labute approximate surface area is 180 Å². The van der Waals surface area contributed by atoms with Gasteiger partial charge in [0.25, 0.3) is 0 Å². The van der Waals surface area contributed by atoms with Crippen LogP contribution in [0.2, 0.25) is 0 Å². The molecule has 0 N–H and O–H groups in total. The largest absolute Gasteiger partial charge is 0.311 e. The summed E-state index contributed by atoms with van der Waals surface area (Å²) >= 11 is 1.39. The lowest BCUT2D eigenvalue weighted by Crippen LogP contribution is -2.37. The van der Waals surface area contributed by atoms with Crippen LogP contribution in [0.5, 0.6) is 0 Å². The number of para-hydroxylation sites is 1. The van der Waals surface area contributed by atoms with Crippen LogP contribution in [0.4, 0.5) is 5.69 Å². The van der Waals surface area contributed by atoms with Gasteiger partial charge in [-0.05, 0) is 42.7 Å². The van der Waals surface area contributed by atoms with Gasteiger partial charge in [-0.2, -0.15) is 0 Å². The van der Waals surface area contributed by atoms with Crippen LogP contribution >= 0.6 is 11.8 Å². The van der Waals surface area contributed by atoms with Crippen molar-refractivity contribution in [3.63, 3.8) is 0 Å². The number of nitrogens with zero attached hydrogens (tertiary/aromatic N) is 4. The standard InChI is InChI=1S/C21H22N4O3S2/c1-24(2)30(27,28)16-9-10-19-15(12-16)6-5-11-25(19)20(26)13-29-21-17-7-3-4-8-18(17)22-14-23-21/h3-4,7-10,12,14H,5-6,11,13H2,1-2H3. The first kappa shape index (κ1) is 20.8. The first-order chi connectivity index (χ1) is 14.4. The molecule has 0 atom stereocenters. The zero-order valence-corrected chi connectivity index (χ0v) is 18.4. The molecule has 156 valence electrons. The van der Waals surface area contributed by atoms with Crippen LogP contribution in [0, 0.1) is 0 Å². The number of hydrogen-bond donors (Lipinski definition) is 0. The van der Waals surface area contributed by atoms with Gasteiger partial charge in [-0.1, -0.05) is 30.0 Å². The minimum absolute atomic E-state index is 0.0214. The minimum atomic E-state index is -3.50. The van der Waals surface area contributed by atoms with Gasteiger partial charge >= 0.3 is 0 Å². The van der Waals surface area contributed by atoms with Crippen LogP contribution in [0.25, 0.3) is 10.9 Å². The molecule has 3 aromatic rings. The lowest BCUT2D eigenvalue weighted by Gasteiger charge is -2.30. The molecule has 0 bridgehead atoms. The fourth-order valence-corrected chi connectivity index (χ4v) is 5.33. The summed E-state index contributed by atoms with van der Waals surface area (Å²) in [7, 11) is -0.478. The maximum Gasteiger partial charge on any atom is 0.242 e. The van der Waals surface area contributed by atoms with Gasteiger partial charge in [0, 0.05) is 31.7 Å². The van der Waals surface area contributed by atoms with Crippen LogP contribution in [0.1, 0.15) is 12.0 Å². The average Bonchev–Trinajstić information content (AvgIpc) is 2.76. The molecule has 2 aromatic carbocycles. The Morgan fingerprint density at radius 1 is 1.17 bits per heavy atom. The topological polar surface area (TPSA) is 83.5 Å². The number of thioether (sulfide) groups is 1. The predicted octanol–water partition coefficient (Wildman–Crippen LogP) is 2.95. The highest BCUT2D eigenvalue weighted by atomic mass is 32.2. The van der Waals surface area contributed by atoms with Gasteiger partial charge in [0.05, 0.1) is 16.2 Å². The van der Waals surface area contributed by atoms with E-state index in [1.807, 2.05) is 24.3 Å². The summed E-state index contributed by atoms with van der Waals surface area (Å²) in [5, 5.41) is 1.70. The van der Waals surface area contributed by atoms with E-state index in [1.54, 1.807) is 23.1 Å². The number of benzene rings is 2. The summed E-state index contributed by atoms with van der Waals surface area (Å²) < 4.78 is 26.1. The second-order valence-corrected chi connectivity index (χ2v) is 10.3. The number of aryl methyl sites for hydroxylation is 1. The Morgan fingerprint density at radius 2 is 1.97 bits per heavy atom. The number of hydrogen-bond acceptors (Lipinski definition) is 6. The molecule has 1 amide bonds. The van der Waals surface area contributed by atoms with E-state index in [4.69, 9.17) is 0 Å². The Hall–Kier alpha value is -2.49. The number of carbonyl (C=O) groups is 1. The van der Waals surface area contributed by atoms with E-state index in [1.165, 1.54) is 36.5 Å². The summed E-state index contributed by atoms with van der Waals surface area (Å²) in [6.45, 7) is 0.622. The smallest absolute Gasteiger partial charge is 0.242 e. The first-order valence-electron chi connectivity index (χ1n) is 9.56. The maximum absolute atomic E-state index is 13.0. The Bertz CT molecular complexity index is 1210. The molecular formula is C21H22N4O3S2. The highest BCUT2D eigenvalue weighted by Crippen LogP contribution is 2.31. The fourth-order valence-electron chi connectivity index (χ4n) is 3.51. The van der Waals surface area contributed by atoms with Crippen molar-refractivity contribution >= 4 is 44.3 Å². The van der Waals surface area contributed by atoms with Crippen LogP contribution < -0.4 is 4.90 Å². The van der Waals surface area contributed by atoms with E-state index in [0.717, 1.165) is 40.0 Å². The van der Waals surface area contributed by atoms with Crippen LogP contribution in [0.3, 0.4) is 0 Å². The quantitative estimate of drug-likeness (QED) is 0.446. The van der Waals surface area contributed by atoms with Crippen molar-refractivity contribution in [2.24, 2.45) is 0 Å².